The zero-order valence-corrected chi connectivity index (χ0v) is 14.9. The topological polar surface area (TPSA) is 111 Å². The molecule has 0 radical (unpaired) electrons. The second kappa shape index (κ2) is 10.6. The van der Waals surface area contributed by atoms with Crippen LogP contribution in [-0.4, -0.2) is 40.6 Å². The average molecular weight is 366 g/mol. The van der Waals surface area contributed by atoms with E-state index in [0.29, 0.717) is 12.2 Å². The van der Waals surface area contributed by atoms with Crippen molar-refractivity contribution < 1.29 is 17.9 Å². The smallest absolute Gasteiger partial charge is 0.240 e. The Morgan fingerprint density at radius 2 is 2.09 bits per heavy atom. The van der Waals surface area contributed by atoms with Gasteiger partial charge in [-0.15, -0.1) is 12.4 Å². The molecular weight excluding hydrogens is 342 g/mol. The molecule has 0 bridgehead atoms. The summed E-state index contributed by atoms with van der Waals surface area (Å²) in [7, 11) is -2.08. The molecule has 0 aliphatic carbocycles. The number of amides is 1. The number of halogens is 1. The summed E-state index contributed by atoms with van der Waals surface area (Å²) < 4.78 is 31.4. The molecule has 0 saturated carbocycles. The molecule has 1 aromatic carbocycles. The third kappa shape index (κ3) is 8.29. The van der Waals surface area contributed by atoms with Gasteiger partial charge < -0.3 is 15.8 Å². The minimum absolute atomic E-state index is 0. The number of hydrogen-bond donors (Lipinski definition) is 3. The van der Waals surface area contributed by atoms with Crippen molar-refractivity contribution in [3.05, 3.63) is 29.8 Å². The van der Waals surface area contributed by atoms with E-state index in [1.54, 1.807) is 19.1 Å². The SMILES string of the molecule is COCCNS(=O)(=O)c1cccc(CNC(=O)CC(C)N)c1.Cl. The van der Waals surface area contributed by atoms with E-state index in [0.717, 1.165) is 0 Å². The molecule has 0 aliphatic heterocycles. The molecule has 1 amide bonds. The minimum atomic E-state index is -3.58. The molecule has 0 fully saturated rings. The molecule has 0 aromatic heterocycles. The van der Waals surface area contributed by atoms with Gasteiger partial charge in [0.2, 0.25) is 15.9 Å². The summed E-state index contributed by atoms with van der Waals surface area (Å²) in [5.41, 5.74) is 6.24. The Hall–Kier alpha value is -1.19. The van der Waals surface area contributed by atoms with E-state index in [1.807, 2.05) is 0 Å². The zero-order chi connectivity index (χ0) is 16.6. The Morgan fingerprint density at radius 3 is 2.70 bits per heavy atom. The largest absolute Gasteiger partial charge is 0.383 e. The molecule has 7 nitrogen and oxygen atoms in total. The van der Waals surface area contributed by atoms with E-state index in [4.69, 9.17) is 10.5 Å². The number of carbonyl (C=O) groups is 1. The molecule has 1 unspecified atom stereocenters. The van der Waals surface area contributed by atoms with Crippen LogP contribution in [0.4, 0.5) is 0 Å². The first-order chi connectivity index (χ1) is 10.3. The number of methoxy groups -OCH3 is 1. The molecule has 1 rings (SSSR count). The average Bonchev–Trinajstić information content (AvgIpc) is 2.45. The van der Waals surface area contributed by atoms with E-state index in [2.05, 4.69) is 10.0 Å². The number of ether oxygens (including phenoxy) is 1. The van der Waals surface area contributed by atoms with Crippen LogP contribution < -0.4 is 15.8 Å². The van der Waals surface area contributed by atoms with E-state index in [1.165, 1.54) is 19.2 Å². The highest BCUT2D eigenvalue weighted by Crippen LogP contribution is 2.11. The third-order valence-electron chi connectivity index (χ3n) is 2.80. The summed E-state index contributed by atoms with van der Waals surface area (Å²) in [6, 6.07) is 6.21. The number of rotatable bonds is 9. The molecule has 132 valence electrons. The normalized spacial score (nSPS) is 12.3. The van der Waals surface area contributed by atoms with Gasteiger partial charge in [0.15, 0.2) is 0 Å². The number of nitrogens with two attached hydrogens (primary N) is 1. The first-order valence-corrected chi connectivity index (χ1v) is 8.43. The summed E-state index contributed by atoms with van der Waals surface area (Å²) in [6.45, 7) is 2.51. The monoisotopic (exact) mass is 365 g/mol. The van der Waals surface area contributed by atoms with Crippen molar-refractivity contribution in [1.29, 1.82) is 0 Å². The van der Waals surface area contributed by atoms with Gasteiger partial charge >= 0.3 is 0 Å². The van der Waals surface area contributed by atoms with Crippen LogP contribution in [0.5, 0.6) is 0 Å². The van der Waals surface area contributed by atoms with E-state index >= 15 is 0 Å². The Balaban J connectivity index is 0.00000484. The number of benzene rings is 1. The van der Waals surface area contributed by atoms with Gasteiger partial charge in [0.1, 0.15) is 0 Å². The van der Waals surface area contributed by atoms with Crippen molar-refractivity contribution in [3.8, 4) is 0 Å². The van der Waals surface area contributed by atoms with E-state index < -0.39 is 10.0 Å². The van der Waals surface area contributed by atoms with Gasteiger partial charge in [0, 0.05) is 32.7 Å². The summed E-state index contributed by atoms with van der Waals surface area (Å²) in [6.07, 6.45) is 0.233. The number of nitrogens with one attached hydrogen (secondary N) is 2. The van der Waals surface area contributed by atoms with Gasteiger partial charge in [-0.2, -0.15) is 0 Å². The van der Waals surface area contributed by atoms with Crippen molar-refractivity contribution in [2.45, 2.75) is 30.8 Å². The zero-order valence-electron chi connectivity index (χ0n) is 13.2. The van der Waals surface area contributed by atoms with Crippen LogP contribution in [0.25, 0.3) is 0 Å². The molecular formula is C14H24ClN3O4S. The van der Waals surface area contributed by atoms with E-state index in [-0.39, 0.29) is 48.8 Å². The van der Waals surface area contributed by atoms with Gasteiger partial charge in [-0.05, 0) is 24.6 Å². The Morgan fingerprint density at radius 1 is 1.39 bits per heavy atom. The fourth-order valence-corrected chi connectivity index (χ4v) is 2.83. The second-order valence-corrected chi connectivity index (χ2v) is 6.76. The fourth-order valence-electron chi connectivity index (χ4n) is 1.75. The Labute approximate surface area is 143 Å². The highest BCUT2D eigenvalue weighted by atomic mass is 35.5. The van der Waals surface area contributed by atoms with Crippen molar-refractivity contribution in [2.24, 2.45) is 5.73 Å². The van der Waals surface area contributed by atoms with Gasteiger partial charge in [0.05, 0.1) is 11.5 Å². The Bertz CT molecular complexity index is 593. The number of hydrogen-bond acceptors (Lipinski definition) is 5. The van der Waals surface area contributed by atoms with Crippen LogP contribution in [0.3, 0.4) is 0 Å². The van der Waals surface area contributed by atoms with Crippen LogP contribution in [0, 0.1) is 0 Å². The molecule has 0 saturated heterocycles. The molecule has 0 spiro atoms. The van der Waals surface area contributed by atoms with Crippen molar-refractivity contribution in [1.82, 2.24) is 10.0 Å². The predicted molar refractivity (Wildman–Crippen MR) is 90.9 cm³/mol. The standard InChI is InChI=1S/C14H23N3O4S.ClH/c1-11(15)8-14(18)16-10-12-4-3-5-13(9-12)22(19,20)17-6-7-21-2;/h3-5,9,11,17H,6-8,10,15H2,1-2H3,(H,16,18);1H. The number of carbonyl (C=O) groups excluding carboxylic acids is 1. The molecule has 9 heteroatoms. The van der Waals surface area contributed by atoms with Gasteiger partial charge in [-0.25, -0.2) is 13.1 Å². The summed E-state index contributed by atoms with van der Waals surface area (Å²) in [5.74, 6) is -0.165. The van der Waals surface area contributed by atoms with Gasteiger partial charge in [0.25, 0.3) is 0 Å². The quantitative estimate of drug-likeness (QED) is 0.548. The lowest BCUT2D eigenvalue weighted by molar-refractivity contribution is -0.121. The van der Waals surface area contributed by atoms with Crippen molar-refractivity contribution in [3.63, 3.8) is 0 Å². The van der Waals surface area contributed by atoms with Crippen LogP contribution >= 0.6 is 12.4 Å². The van der Waals surface area contributed by atoms with Crippen LogP contribution in [0.2, 0.25) is 0 Å². The summed E-state index contributed by atoms with van der Waals surface area (Å²) in [4.78, 5) is 11.7. The molecule has 1 aromatic rings. The van der Waals surface area contributed by atoms with Gasteiger partial charge in [-0.3, -0.25) is 4.79 Å². The predicted octanol–water partition coefficient (Wildman–Crippen LogP) is 0.387. The molecule has 0 aliphatic rings. The lowest BCUT2D eigenvalue weighted by atomic mass is 10.2. The summed E-state index contributed by atoms with van der Waals surface area (Å²) >= 11 is 0. The molecule has 23 heavy (non-hydrogen) atoms. The first kappa shape index (κ1) is 21.8. The first-order valence-electron chi connectivity index (χ1n) is 6.95. The van der Waals surface area contributed by atoms with Crippen LogP contribution in [0.1, 0.15) is 18.9 Å². The highest BCUT2D eigenvalue weighted by Gasteiger charge is 2.14. The maximum atomic E-state index is 12.1. The lowest BCUT2D eigenvalue weighted by Crippen LogP contribution is -2.29. The maximum Gasteiger partial charge on any atom is 0.240 e. The highest BCUT2D eigenvalue weighted by molar-refractivity contribution is 7.89. The van der Waals surface area contributed by atoms with Crippen molar-refractivity contribution in [2.75, 3.05) is 20.3 Å². The molecule has 0 heterocycles. The maximum absolute atomic E-state index is 12.1. The Kier molecular flexibility index (Phi) is 10.0. The van der Waals surface area contributed by atoms with Gasteiger partial charge in [-0.1, -0.05) is 12.1 Å². The number of sulfonamides is 1. The minimum Gasteiger partial charge on any atom is -0.383 e. The molecule has 4 N–H and O–H groups in total. The lowest BCUT2D eigenvalue weighted by Gasteiger charge is -2.10. The van der Waals surface area contributed by atoms with Crippen molar-refractivity contribution >= 4 is 28.3 Å². The third-order valence-corrected chi connectivity index (χ3v) is 4.26. The van der Waals surface area contributed by atoms with Crippen LogP contribution in [0.15, 0.2) is 29.2 Å². The van der Waals surface area contributed by atoms with Crippen LogP contribution in [-0.2, 0) is 26.1 Å². The summed E-state index contributed by atoms with van der Waals surface area (Å²) in [5, 5.41) is 2.71. The fraction of sp³-hybridized carbons (Fsp3) is 0.500. The second-order valence-electron chi connectivity index (χ2n) is 5.00. The van der Waals surface area contributed by atoms with E-state index in [9.17, 15) is 13.2 Å². The molecule has 1 atom stereocenters.